The van der Waals surface area contributed by atoms with E-state index in [9.17, 15) is 9.59 Å². The van der Waals surface area contributed by atoms with Gasteiger partial charge in [0.05, 0.1) is 7.11 Å². The van der Waals surface area contributed by atoms with Crippen molar-refractivity contribution in [2.75, 3.05) is 33.3 Å². The first-order valence-electron chi connectivity index (χ1n) is 5.29. The topological polar surface area (TPSA) is 49.9 Å². The quantitative estimate of drug-likeness (QED) is 0.650. The molecule has 0 radical (unpaired) electrons. The molecule has 1 rings (SSSR count). The second-order valence-electron chi connectivity index (χ2n) is 3.57. The van der Waals surface area contributed by atoms with Crippen LogP contribution in [0.2, 0.25) is 0 Å². The Bertz CT molecular complexity index is 237. The van der Waals surface area contributed by atoms with E-state index in [1.54, 1.807) is 4.90 Å². The van der Waals surface area contributed by atoms with Crippen LogP contribution in [-0.2, 0) is 9.53 Å². The van der Waals surface area contributed by atoms with Crippen LogP contribution in [0.15, 0.2) is 0 Å². The van der Waals surface area contributed by atoms with Crippen molar-refractivity contribution in [3.8, 4) is 0 Å². The molecule has 0 N–H and O–H groups in total. The summed E-state index contributed by atoms with van der Waals surface area (Å²) in [6, 6.07) is -0.0552. The molecule has 0 aromatic heterocycles. The summed E-state index contributed by atoms with van der Waals surface area (Å²) in [5.74, 6) is -0.371. The molecule has 1 aliphatic rings. The van der Waals surface area contributed by atoms with Gasteiger partial charge in [-0.1, -0.05) is 0 Å². The van der Waals surface area contributed by atoms with Crippen LogP contribution >= 0.6 is 0 Å². The molecule has 0 spiro atoms. The van der Waals surface area contributed by atoms with Gasteiger partial charge in [0, 0.05) is 19.6 Å². The molecule has 0 bridgehead atoms. The lowest BCUT2D eigenvalue weighted by molar-refractivity contribution is -0.141. The highest BCUT2D eigenvalue weighted by atomic mass is 16.5. The lowest BCUT2D eigenvalue weighted by Gasteiger charge is -2.25. The van der Waals surface area contributed by atoms with E-state index in [0.717, 1.165) is 25.9 Å². The minimum Gasteiger partial charge on any atom is -0.468 e. The van der Waals surface area contributed by atoms with Crippen molar-refractivity contribution in [2.45, 2.75) is 19.8 Å². The van der Waals surface area contributed by atoms with Crippen molar-refractivity contribution in [3.05, 3.63) is 0 Å². The largest absolute Gasteiger partial charge is 0.468 e. The first-order valence-corrected chi connectivity index (χ1v) is 5.29. The summed E-state index contributed by atoms with van der Waals surface area (Å²) in [5.41, 5.74) is 0. The van der Waals surface area contributed by atoms with E-state index in [1.165, 1.54) is 12.0 Å². The second-order valence-corrected chi connectivity index (χ2v) is 3.57. The van der Waals surface area contributed by atoms with Crippen LogP contribution in [0.5, 0.6) is 0 Å². The molecule has 15 heavy (non-hydrogen) atoms. The van der Waals surface area contributed by atoms with Gasteiger partial charge < -0.3 is 14.5 Å². The molecule has 5 heteroatoms. The van der Waals surface area contributed by atoms with Crippen molar-refractivity contribution in [3.63, 3.8) is 0 Å². The fourth-order valence-corrected chi connectivity index (χ4v) is 1.64. The molecule has 86 valence electrons. The monoisotopic (exact) mass is 214 g/mol. The molecule has 0 aromatic carbocycles. The molecule has 1 heterocycles. The molecule has 1 aliphatic heterocycles. The van der Waals surface area contributed by atoms with Gasteiger partial charge in [-0.3, -0.25) is 4.79 Å². The van der Waals surface area contributed by atoms with Gasteiger partial charge >= 0.3 is 12.0 Å². The Labute approximate surface area is 90.0 Å². The number of hydrogen-bond donors (Lipinski definition) is 0. The van der Waals surface area contributed by atoms with Crippen molar-refractivity contribution < 1.29 is 14.3 Å². The van der Waals surface area contributed by atoms with Crippen LogP contribution < -0.4 is 0 Å². The summed E-state index contributed by atoms with van der Waals surface area (Å²) < 4.78 is 4.54. The number of ether oxygens (including phenoxy) is 1. The molecule has 0 atom stereocenters. The van der Waals surface area contributed by atoms with Crippen LogP contribution in [0.3, 0.4) is 0 Å². The number of carbonyl (C=O) groups is 2. The Morgan fingerprint density at radius 3 is 2.40 bits per heavy atom. The Morgan fingerprint density at radius 1 is 1.33 bits per heavy atom. The minimum absolute atomic E-state index is 0.0440. The van der Waals surface area contributed by atoms with Gasteiger partial charge in [0.25, 0.3) is 0 Å². The van der Waals surface area contributed by atoms with Gasteiger partial charge in [-0.25, -0.2) is 4.79 Å². The third kappa shape index (κ3) is 3.11. The van der Waals surface area contributed by atoms with Crippen LogP contribution in [-0.4, -0.2) is 55.1 Å². The molecular formula is C10H18N2O3. The average molecular weight is 214 g/mol. The molecule has 2 amide bonds. The summed E-state index contributed by atoms with van der Waals surface area (Å²) in [6.07, 6.45) is 2.11. The van der Waals surface area contributed by atoms with E-state index in [-0.39, 0.29) is 18.5 Å². The zero-order chi connectivity index (χ0) is 11.3. The summed E-state index contributed by atoms with van der Waals surface area (Å²) in [6.45, 7) is 4.04. The van der Waals surface area contributed by atoms with Crippen LogP contribution in [0.25, 0.3) is 0 Å². The van der Waals surface area contributed by atoms with Crippen molar-refractivity contribution in [1.29, 1.82) is 0 Å². The predicted molar refractivity (Wildman–Crippen MR) is 55.5 cm³/mol. The van der Waals surface area contributed by atoms with Gasteiger partial charge in [0.15, 0.2) is 0 Å². The average Bonchev–Trinajstić information content (AvgIpc) is 2.77. The standard InChI is InChI=1S/C10H18N2O3/c1-3-11(8-9(13)15-2)10(14)12-6-4-5-7-12/h3-8H2,1-2H3. The highest BCUT2D eigenvalue weighted by Gasteiger charge is 2.24. The number of urea groups is 1. The highest BCUT2D eigenvalue weighted by Crippen LogP contribution is 2.10. The molecular weight excluding hydrogens is 196 g/mol. The number of methoxy groups -OCH3 is 1. The number of esters is 1. The molecule has 1 fully saturated rings. The SMILES string of the molecule is CCN(CC(=O)OC)C(=O)N1CCCC1. The fourth-order valence-electron chi connectivity index (χ4n) is 1.64. The third-order valence-electron chi connectivity index (χ3n) is 2.58. The molecule has 0 saturated carbocycles. The maximum absolute atomic E-state index is 11.9. The fraction of sp³-hybridized carbons (Fsp3) is 0.800. The maximum atomic E-state index is 11.9. The van der Waals surface area contributed by atoms with Gasteiger partial charge in [0.1, 0.15) is 6.54 Å². The summed E-state index contributed by atoms with van der Waals surface area (Å²) in [7, 11) is 1.33. The lowest BCUT2D eigenvalue weighted by atomic mass is 10.4. The lowest BCUT2D eigenvalue weighted by Crippen LogP contribution is -2.44. The zero-order valence-electron chi connectivity index (χ0n) is 9.36. The number of rotatable bonds is 3. The second kappa shape index (κ2) is 5.58. The molecule has 1 saturated heterocycles. The Balaban J connectivity index is 2.49. The normalized spacial score (nSPS) is 15.2. The zero-order valence-corrected chi connectivity index (χ0v) is 9.36. The van der Waals surface area contributed by atoms with Crippen LogP contribution in [0.4, 0.5) is 4.79 Å². The summed E-state index contributed by atoms with van der Waals surface area (Å²) in [4.78, 5) is 26.2. The number of carbonyl (C=O) groups excluding carboxylic acids is 2. The van der Waals surface area contributed by atoms with Crippen molar-refractivity contribution in [1.82, 2.24) is 9.80 Å². The smallest absolute Gasteiger partial charge is 0.325 e. The van der Waals surface area contributed by atoms with Crippen molar-refractivity contribution >= 4 is 12.0 Å². The number of nitrogens with zero attached hydrogens (tertiary/aromatic N) is 2. The van der Waals surface area contributed by atoms with E-state index in [0.29, 0.717) is 6.54 Å². The number of likely N-dealkylation sites (N-methyl/N-ethyl adjacent to an activating group) is 1. The predicted octanol–water partition coefficient (Wildman–Crippen LogP) is 0.697. The molecule has 0 unspecified atom stereocenters. The van der Waals surface area contributed by atoms with Gasteiger partial charge in [-0.15, -0.1) is 0 Å². The van der Waals surface area contributed by atoms with E-state index < -0.39 is 0 Å². The number of hydrogen-bond acceptors (Lipinski definition) is 3. The third-order valence-corrected chi connectivity index (χ3v) is 2.58. The van der Waals surface area contributed by atoms with E-state index in [4.69, 9.17) is 0 Å². The van der Waals surface area contributed by atoms with Gasteiger partial charge in [-0.2, -0.15) is 0 Å². The first-order chi connectivity index (χ1) is 7.19. The highest BCUT2D eigenvalue weighted by molar-refractivity contribution is 5.81. The Morgan fingerprint density at radius 2 is 1.93 bits per heavy atom. The molecule has 5 nitrogen and oxygen atoms in total. The van der Waals surface area contributed by atoms with E-state index in [1.807, 2.05) is 6.92 Å². The number of amides is 2. The Hall–Kier alpha value is -1.26. The summed E-state index contributed by atoms with van der Waals surface area (Å²) >= 11 is 0. The van der Waals surface area contributed by atoms with Crippen LogP contribution in [0.1, 0.15) is 19.8 Å². The van der Waals surface area contributed by atoms with E-state index in [2.05, 4.69) is 4.74 Å². The van der Waals surface area contributed by atoms with Gasteiger partial charge in [0.2, 0.25) is 0 Å². The molecule has 0 aliphatic carbocycles. The van der Waals surface area contributed by atoms with Crippen molar-refractivity contribution in [2.24, 2.45) is 0 Å². The maximum Gasteiger partial charge on any atom is 0.325 e. The van der Waals surface area contributed by atoms with Crippen LogP contribution in [0, 0.1) is 0 Å². The minimum atomic E-state index is -0.371. The number of likely N-dealkylation sites (tertiary alicyclic amines) is 1. The first kappa shape index (κ1) is 11.8. The summed E-state index contributed by atoms with van der Waals surface area (Å²) in [5, 5.41) is 0. The molecule has 0 aromatic rings. The van der Waals surface area contributed by atoms with Gasteiger partial charge in [-0.05, 0) is 19.8 Å². The Kier molecular flexibility index (Phi) is 4.39. The van der Waals surface area contributed by atoms with E-state index >= 15 is 0 Å².